The molecule has 2 heteroatoms. The molecule has 1 aliphatic rings. The van der Waals surface area contributed by atoms with Gasteiger partial charge in [-0.15, -0.1) is 0 Å². The fourth-order valence-electron chi connectivity index (χ4n) is 4.37. The molecule has 0 aliphatic heterocycles. The molecule has 1 aromatic carbocycles. The first-order valence-electron chi connectivity index (χ1n) is 7.65. The smallest absolute Gasteiger partial charge is 0.122 e. The van der Waals surface area contributed by atoms with Gasteiger partial charge in [-0.1, -0.05) is 38.5 Å². The van der Waals surface area contributed by atoms with Crippen LogP contribution in [-0.4, -0.2) is 12.6 Å². The highest BCUT2D eigenvalue weighted by Crippen LogP contribution is 2.44. The van der Waals surface area contributed by atoms with Crippen molar-refractivity contribution >= 4 is 0 Å². The predicted octanol–water partition coefficient (Wildman–Crippen LogP) is 4.09. The molecule has 2 unspecified atom stereocenters. The average molecular weight is 275 g/mol. The highest BCUT2D eigenvalue weighted by Gasteiger charge is 2.40. The van der Waals surface area contributed by atoms with E-state index in [4.69, 9.17) is 10.5 Å². The van der Waals surface area contributed by atoms with E-state index < -0.39 is 0 Å². The molecule has 112 valence electrons. The van der Waals surface area contributed by atoms with Crippen molar-refractivity contribution in [1.82, 2.24) is 0 Å². The molecule has 1 saturated carbocycles. The van der Waals surface area contributed by atoms with Gasteiger partial charge < -0.3 is 10.5 Å². The Labute approximate surface area is 123 Å². The van der Waals surface area contributed by atoms with Crippen LogP contribution >= 0.6 is 0 Å². The fraction of sp³-hybridized carbons (Fsp3) is 0.667. The van der Waals surface area contributed by atoms with E-state index in [1.807, 2.05) is 0 Å². The minimum atomic E-state index is -0.109. The van der Waals surface area contributed by atoms with Crippen LogP contribution in [0.25, 0.3) is 0 Å². The van der Waals surface area contributed by atoms with Crippen molar-refractivity contribution in [2.24, 2.45) is 17.1 Å². The fourth-order valence-corrected chi connectivity index (χ4v) is 4.37. The van der Waals surface area contributed by atoms with E-state index in [-0.39, 0.29) is 5.54 Å². The molecule has 0 spiro atoms. The van der Waals surface area contributed by atoms with Crippen LogP contribution in [0.5, 0.6) is 5.75 Å². The van der Waals surface area contributed by atoms with Crippen LogP contribution in [0.15, 0.2) is 18.2 Å². The van der Waals surface area contributed by atoms with Gasteiger partial charge in [-0.2, -0.15) is 0 Å². The van der Waals surface area contributed by atoms with Crippen molar-refractivity contribution in [1.29, 1.82) is 0 Å². The van der Waals surface area contributed by atoms with Crippen molar-refractivity contribution in [3.8, 4) is 5.75 Å². The second-order valence-corrected chi connectivity index (χ2v) is 7.71. The summed E-state index contributed by atoms with van der Waals surface area (Å²) in [6.45, 7) is 9.14. The van der Waals surface area contributed by atoms with Crippen molar-refractivity contribution in [3.05, 3.63) is 29.3 Å². The Morgan fingerprint density at radius 3 is 2.60 bits per heavy atom. The summed E-state index contributed by atoms with van der Waals surface area (Å²) >= 11 is 0. The number of nitrogens with two attached hydrogens (primary N) is 1. The number of rotatable bonds is 3. The van der Waals surface area contributed by atoms with Crippen LogP contribution in [0.3, 0.4) is 0 Å². The number of benzene rings is 1. The second-order valence-electron chi connectivity index (χ2n) is 7.71. The number of methoxy groups -OCH3 is 1. The molecule has 2 nitrogen and oxygen atoms in total. The van der Waals surface area contributed by atoms with E-state index in [1.165, 1.54) is 17.5 Å². The summed E-state index contributed by atoms with van der Waals surface area (Å²) in [7, 11) is 1.74. The lowest BCUT2D eigenvalue weighted by atomic mass is 9.63. The largest absolute Gasteiger partial charge is 0.496 e. The standard InChI is InChI=1S/C18H29NO/c1-13-6-7-16(20-5)15(8-13)11-18(19)10-14(2)9-17(3,4)12-18/h6-8,14H,9-12,19H2,1-5H3. The Kier molecular flexibility index (Phi) is 4.15. The first kappa shape index (κ1) is 15.4. The average Bonchev–Trinajstić information content (AvgIpc) is 2.24. The third kappa shape index (κ3) is 3.54. The lowest BCUT2D eigenvalue weighted by molar-refractivity contribution is 0.107. The van der Waals surface area contributed by atoms with Crippen molar-refractivity contribution in [2.75, 3.05) is 7.11 Å². The third-order valence-corrected chi connectivity index (χ3v) is 4.47. The zero-order chi connectivity index (χ0) is 15.0. The molecule has 1 aromatic rings. The Morgan fingerprint density at radius 1 is 1.30 bits per heavy atom. The summed E-state index contributed by atoms with van der Waals surface area (Å²) in [5, 5.41) is 0. The first-order valence-corrected chi connectivity index (χ1v) is 7.65. The molecule has 2 atom stereocenters. The second kappa shape index (κ2) is 5.40. The molecule has 2 rings (SSSR count). The molecule has 0 saturated heterocycles. The summed E-state index contributed by atoms with van der Waals surface area (Å²) in [5.41, 5.74) is 9.52. The van der Waals surface area contributed by atoms with Gasteiger partial charge in [-0.25, -0.2) is 0 Å². The van der Waals surface area contributed by atoms with Gasteiger partial charge in [-0.3, -0.25) is 0 Å². The Bertz CT molecular complexity index is 480. The van der Waals surface area contributed by atoms with Crippen molar-refractivity contribution in [3.63, 3.8) is 0 Å². The molecule has 0 bridgehead atoms. The lowest BCUT2D eigenvalue weighted by Gasteiger charge is -2.46. The SMILES string of the molecule is COc1ccc(C)cc1CC1(N)CC(C)CC(C)(C)C1. The van der Waals surface area contributed by atoms with Gasteiger partial charge >= 0.3 is 0 Å². The van der Waals surface area contributed by atoms with E-state index in [0.29, 0.717) is 11.3 Å². The monoisotopic (exact) mass is 275 g/mol. The number of ether oxygens (including phenoxy) is 1. The van der Waals surface area contributed by atoms with E-state index in [9.17, 15) is 0 Å². The minimum Gasteiger partial charge on any atom is -0.496 e. The zero-order valence-corrected chi connectivity index (χ0v) is 13.6. The lowest BCUT2D eigenvalue weighted by Crippen LogP contribution is -2.50. The Balaban J connectivity index is 2.26. The summed E-state index contributed by atoms with van der Waals surface area (Å²) in [6, 6.07) is 6.38. The first-order chi connectivity index (χ1) is 9.23. The molecule has 2 N–H and O–H groups in total. The van der Waals surface area contributed by atoms with Gasteiger partial charge in [-0.05, 0) is 55.6 Å². The molecule has 1 fully saturated rings. The molecule has 1 aliphatic carbocycles. The van der Waals surface area contributed by atoms with Crippen LogP contribution in [0, 0.1) is 18.3 Å². The normalized spacial score (nSPS) is 29.2. The highest BCUT2D eigenvalue weighted by molar-refractivity contribution is 5.38. The van der Waals surface area contributed by atoms with Crippen LogP contribution in [0.2, 0.25) is 0 Å². The van der Waals surface area contributed by atoms with Crippen LogP contribution < -0.4 is 10.5 Å². The quantitative estimate of drug-likeness (QED) is 0.901. The Hall–Kier alpha value is -1.02. The maximum Gasteiger partial charge on any atom is 0.122 e. The maximum atomic E-state index is 6.78. The number of hydrogen-bond donors (Lipinski definition) is 1. The van der Waals surface area contributed by atoms with Gasteiger partial charge in [0.2, 0.25) is 0 Å². The molecular weight excluding hydrogens is 246 g/mol. The van der Waals surface area contributed by atoms with Gasteiger partial charge in [0.15, 0.2) is 0 Å². The minimum absolute atomic E-state index is 0.109. The maximum absolute atomic E-state index is 6.78. The summed E-state index contributed by atoms with van der Waals surface area (Å²) < 4.78 is 5.51. The van der Waals surface area contributed by atoms with E-state index >= 15 is 0 Å². The van der Waals surface area contributed by atoms with E-state index in [2.05, 4.69) is 45.9 Å². The number of hydrogen-bond acceptors (Lipinski definition) is 2. The molecule has 0 aromatic heterocycles. The molecule has 20 heavy (non-hydrogen) atoms. The molecule has 0 heterocycles. The molecule has 0 amide bonds. The van der Waals surface area contributed by atoms with E-state index in [0.717, 1.165) is 25.0 Å². The van der Waals surface area contributed by atoms with E-state index in [1.54, 1.807) is 7.11 Å². The topological polar surface area (TPSA) is 35.2 Å². The van der Waals surface area contributed by atoms with Gasteiger partial charge in [0, 0.05) is 5.54 Å². The van der Waals surface area contributed by atoms with Gasteiger partial charge in [0.05, 0.1) is 7.11 Å². The summed E-state index contributed by atoms with van der Waals surface area (Å²) in [6.07, 6.45) is 4.37. The zero-order valence-electron chi connectivity index (χ0n) is 13.6. The van der Waals surface area contributed by atoms with Gasteiger partial charge in [0.1, 0.15) is 5.75 Å². The summed E-state index contributed by atoms with van der Waals surface area (Å²) in [5.74, 6) is 1.66. The van der Waals surface area contributed by atoms with Crippen LogP contribution in [0.4, 0.5) is 0 Å². The van der Waals surface area contributed by atoms with Crippen molar-refractivity contribution < 1.29 is 4.74 Å². The molecule has 0 radical (unpaired) electrons. The van der Waals surface area contributed by atoms with Crippen LogP contribution in [-0.2, 0) is 6.42 Å². The predicted molar refractivity (Wildman–Crippen MR) is 85.1 cm³/mol. The van der Waals surface area contributed by atoms with Crippen LogP contribution in [0.1, 0.15) is 51.2 Å². The highest BCUT2D eigenvalue weighted by atomic mass is 16.5. The summed E-state index contributed by atoms with van der Waals surface area (Å²) in [4.78, 5) is 0. The third-order valence-electron chi connectivity index (χ3n) is 4.47. The van der Waals surface area contributed by atoms with Gasteiger partial charge in [0.25, 0.3) is 0 Å². The van der Waals surface area contributed by atoms with Crippen molar-refractivity contribution in [2.45, 2.75) is 58.9 Å². The Morgan fingerprint density at radius 2 is 2.00 bits per heavy atom. The number of aryl methyl sites for hydroxylation is 1. The molecular formula is C18H29NO.